The lowest BCUT2D eigenvalue weighted by atomic mass is 9.90. The molecule has 1 fully saturated rings. The van der Waals surface area contributed by atoms with Gasteiger partial charge >= 0.3 is 0 Å². The highest BCUT2D eigenvalue weighted by Gasteiger charge is 2.32. The van der Waals surface area contributed by atoms with Crippen LogP contribution in [0.15, 0.2) is 12.3 Å². The van der Waals surface area contributed by atoms with E-state index in [2.05, 4.69) is 24.1 Å². The van der Waals surface area contributed by atoms with E-state index in [4.69, 9.17) is 9.97 Å². The first-order valence-electron chi connectivity index (χ1n) is 10.0. The van der Waals surface area contributed by atoms with Crippen LogP contribution in [0.3, 0.4) is 0 Å². The van der Waals surface area contributed by atoms with Crippen molar-refractivity contribution in [2.75, 3.05) is 18.4 Å². The molecule has 0 bridgehead atoms. The zero-order chi connectivity index (χ0) is 20.5. The highest BCUT2D eigenvalue weighted by Crippen LogP contribution is 2.32. The van der Waals surface area contributed by atoms with Crippen molar-refractivity contribution >= 4 is 23.1 Å². The molecule has 1 atom stereocenters. The molecule has 0 radical (unpaired) electrons. The molecular weight excluding hydrogens is 370 g/mol. The second-order valence-electron chi connectivity index (χ2n) is 8.88. The summed E-state index contributed by atoms with van der Waals surface area (Å²) in [6.45, 7) is 13.7. The largest absolute Gasteiger partial charge is 0.368 e. The third-order valence-electron chi connectivity index (χ3n) is 4.79. The maximum absolute atomic E-state index is 12.8. The van der Waals surface area contributed by atoms with Crippen molar-refractivity contribution in [1.82, 2.24) is 19.9 Å². The van der Waals surface area contributed by atoms with Crippen LogP contribution in [0.25, 0.3) is 10.7 Å². The fourth-order valence-corrected chi connectivity index (χ4v) is 4.21. The number of nitrogens with zero attached hydrogens (tertiary/aromatic N) is 4. The van der Waals surface area contributed by atoms with Crippen LogP contribution in [0, 0.1) is 12.3 Å². The fourth-order valence-electron chi connectivity index (χ4n) is 3.50. The monoisotopic (exact) mass is 401 g/mol. The summed E-state index contributed by atoms with van der Waals surface area (Å²) in [6, 6.07) is 2.33. The van der Waals surface area contributed by atoms with E-state index in [1.54, 1.807) is 11.3 Å². The molecule has 28 heavy (non-hydrogen) atoms. The molecule has 2 aromatic rings. The number of likely N-dealkylation sites (tertiary alicyclic amines) is 1. The SMILES string of the molecule is Cc1ncc(-c2nc(NC(C)C)cc([C@@H]3CCCN(C(=O)C(C)(C)C)C3)n2)s1. The van der Waals surface area contributed by atoms with Crippen LogP contribution in [0.4, 0.5) is 5.82 Å². The summed E-state index contributed by atoms with van der Waals surface area (Å²) in [6.07, 6.45) is 3.88. The smallest absolute Gasteiger partial charge is 0.227 e. The molecule has 0 aliphatic carbocycles. The van der Waals surface area contributed by atoms with E-state index < -0.39 is 0 Å². The van der Waals surface area contributed by atoms with Crippen LogP contribution < -0.4 is 5.32 Å². The number of hydrogen-bond donors (Lipinski definition) is 1. The van der Waals surface area contributed by atoms with Gasteiger partial charge in [-0.2, -0.15) is 0 Å². The second-order valence-corrected chi connectivity index (χ2v) is 10.1. The zero-order valence-corrected chi connectivity index (χ0v) is 18.6. The summed E-state index contributed by atoms with van der Waals surface area (Å²) in [7, 11) is 0. The molecular formula is C21H31N5OS. The number of aromatic nitrogens is 3. The van der Waals surface area contributed by atoms with Crippen molar-refractivity contribution in [1.29, 1.82) is 0 Å². The molecule has 3 rings (SSSR count). The first-order valence-corrected chi connectivity index (χ1v) is 10.8. The molecule has 0 unspecified atom stereocenters. The normalized spacial score (nSPS) is 17.8. The average Bonchev–Trinajstić information content (AvgIpc) is 3.06. The Morgan fingerprint density at radius 2 is 2.07 bits per heavy atom. The van der Waals surface area contributed by atoms with E-state index in [9.17, 15) is 4.79 Å². The molecule has 1 amide bonds. The number of carbonyl (C=O) groups excluding carboxylic acids is 1. The highest BCUT2D eigenvalue weighted by atomic mass is 32.1. The van der Waals surface area contributed by atoms with Crippen molar-refractivity contribution in [2.45, 2.75) is 66.3 Å². The third-order valence-corrected chi connectivity index (χ3v) is 5.70. The predicted molar refractivity (Wildman–Crippen MR) is 115 cm³/mol. The average molecular weight is 402 g/mol. The molecule has 0 saturated carbocycles. The van der Waals surface area contributed by atoms with Crippen LogP contribution in [0.5, 0.6) is 0 Å². The minimum Gasteiger partial charge on any atom is -0.368 e. The number of carbonyl (C=O) groups is 1. The molecule has 1 saturated heterocycles. The summed E-state index contributed by atoms with van der Waals surface area (Å²) in [5.41, 5.74) is 0.647. The Hall–Kier alpha value is -2.02. The maximum atomic E-state index is 12.8. The number of hydrogen-bond acceptors (Lipinski definition) is 6. The lowest BCUT2D eigenvalue weighted by Crippen LogP contribution is -2.44. The molecule has 7 heteroatoms. The fraction of sp³-hybridized carbons (Fsp3) is 0.619. The summed E-state index contributed by atoms with van der Waals surface area (Å²) < 4.78 is 0. The Bertz CT molecular complexity index is 840. The summed E-state index contributed by atoms with van der Waals surface area (Å²) >= 11 is 1.60. The summed E-state index contributed by atoms with van der Waals surface area (Å²) in [5.74, 6) is 1.99. The second kappa shape index (κ2) is 8.15. The Balaban J connectivity index is 1.92. The van der Waals surface area contributed by atoms with E-state index >= 15 is 0 Å². The van der Waals surface area contributed by atoms with Crippen LogP contribution in [-0.4, -0.2) is 44.9 Å². The van der Waals surface area contributed by atoms with E-state index in [0.717, 1.165) is 47.3 Å². The first kappa shape index (κ1) is 20.7. The van der Waals surface area contributed by atoms with E-state index in [1.165, 1.54) is 0 Å². The summed E-state index contributed by atoms with van der Waals surface area (Å²) in [4.78, 5) is 29.7. The van der Waals surface area contributed by atoms with Crippen molar-refractivity contribution in [3.05, 3.63) is 23.0 Å². The van der Waals surface area contributed by atoms with Gasteiger partial charge in [0, 0.05) is 42.7 Å². The Labute approximate surface area is 171 Å². The quantitative estimate of drug-likeness (QED) is 0.818. The van der Waals surface area contributed by atoms with Gasteiger partial charge in [-0.25, -0.2) is 15.0 Å². The summed E-state index contributed by atoms with van der Waals surface area (Å²) in [5, 5.41) is 4.41. The molecule has 1 aliphatic heterocycles. The molecule has 3 heterocycles. The number of rotatable bonds is 4. The number of anilines is 1. The van der Waals surface area contributed by atoms with Gasteiger partial charge in [-0.15, -0.1) is 11.3 Å². The van der Waals surface area contributed by atoms with Gasteiger partial charge in [0.1, 0.15) is 5.82 Å². The molecule has 2 aromatic heterocycles. The van der Waals surface area contributed by atoms with Crippen molar-refractivity contribution in [3.8, 4) is 10.7 Å². The molecule has 0 spiro atoms. The van der Waals surface area contributed by atoms with Crippen LogP contribution in [0.2, 0.25) is 0 Å². The van der Waals surface area contributed by atoms with Crippen LogP contribution in [-0.2, 0) is 4.79 Å². The minimum atomic E-state index is -0.358. The van der Waals surface area contributed by atoms with Gasteiger partial charge in [-0.3, -0.25) is 4.79 Å². The Morgan fingerprint density at radius 3 is 2.68 bits per heavy atom. The van der Waals surface area contributed by atoms with E-state index in [-0.39, 0.29) is 23.3 Å². The topological polar surface area (TPSA) is 71.0 Å². The molecule has 0 aromatic carbocycles. The first-order chi connectivity index (χ1) is 13.1. The van der Waals surface area contributed by atoms with Crippen LogP contribution in [0.1, 0.15) is 64.1 Å². The van der Waals surface area contributed by atoms with Crippen molar-refractivity contribution in [2.24, 2.45) is 5.41 Å². The number of amides is 1. The zero-order valence-electron chi connectivity index (χ0n) is 17.7. The number of nitrogens with one attached hydrogen (secondary N) is 1. The van der Waals surface area contributed by atoms with Gasteiger partial charge in [-0.1, -0.05) is 20.8 Å². The van der Waals surface area contributed by atoms with Crippen molar-refractivity contribution in [3.63, 3.8) is 0 Å². The van der Waals surface area contributed by atoms with E-state index in [0.29, 0.717) is 5.82 Å². The highest BCUT2D eigenvalue weighted by molar-refractivity contribution is 7.14. The van der Waals surface area contributed by atoms with Gasteiger partial charge in [0.15, 0.2) is 5.82 Å². The van der Waals surface area contributed by atoms with Gasteiger partial charge < -0.3 is 10.2 Å². The van der Waals surface area contributed by atoms with Gasteiger partial charge in [0.2, 0.25) is 5.91 Å². The lowest BCUT2D eigenvalue weighted by Gasteiger charge is -2.36. The van der Waals surface area contributed by atoms with Gasteiger partial charge in [0.05, 0.1) is 15.6 Å². The van der Waals surface area contributed by atoms with Gasteiger partial charge in [-0.05, 0) is 33.6 Å². The molecule has 1 N–H and O–H groups in total. The lowest BCUT2D eigenvalue weighted by molar-refractivity contribution is -0.140. The van der Waals surface area contributed by atoms with Gasteiger partial charge in [0.25, 0.3) is 0 Å². The Kier molecular flexibility index (Phi) is 6.03. The third kappa shape index (κ3) is 4.87. The number of aryl methyl sites for hydroxylation is 1. The number of thiazole rings is 1. The molecule has 6 nitrogen and oxygen atoms in total. The van der Waals surface area contributed by atoms with Crippen LogP contribution >= 0.6 is 11.3 Å². The number of piperidine rings is 1. The molecule has 152 valence electrons. The van der Waals surface area contributed by atoms with E-state index in [1.807, 2.05) is 44.9 Å². The standard InChI is InChI=1S/C21H31N5OS/c1-13(2)23-18-10-16(24-19(25-18)17-11-22-14(3)28-17)15-8-7-9-26(12-15)20(27)21(4,5)6/h10-11,13,15H,7-9,12H2,1-6H3,(H,23,24,25)/t15-/m1/s1. The minimum absolute atomic E-state index is 0.213. The Morgan fingerprint density at radius 1 is 1.32 bits per heavy atom. The van der Waals surface area contributed by atoms with Crippen molar-refractivity contribution < 1.29 is 4.79 Å². The molecule has 1 aliphatic rings. The maximum Gasteiger partial charge on any atom is 0.227 e. The predicted octanol–water partition coefficient (Wildman–Crippen LogP) is 4.48.